The zero-order valence-electron chi connectivity index (χ0n) is 10.5. The maximum atomic E-state index is 11.7. The Morgan fingerprint density at radius 3 is 2.71 bits per heavy atom. The van der Waals surface area contributed by atoms with Crippen molar-refractivity contribution in [2.24, 2.45) is 11.8 Å². The van der Waals surface area contributed by atoms with Crippen LogP contribution in [0.1, 0.15) is 46.0 Å². The van der Waals surface area contributed by atoms with Crippen LogP contribution in [0.5, 0.6) is 0 Å². The van der Waals surface area contributed by atoms with Crippen LogP contribution in [-0.4, -0.2) is 26.7 Å². The van der Waals surface area contributed by atoms with Crippen molar-refractivity contribution < 1.29 is 14.6 Å². The van der Waals surface area contributed by atoms with E-state index in [0.717, 1.165) is 32.1 Å². The molecule has 2 rings (SSSR count). The summed E-state index contributed by atoms with van der Waals surface area (Å²) in [6.07, 6.45) is 4.39. The Morgan fingerprint density at radius 1 is 1.53 bits per heavy atom. The first-order valence-electron chi connectivity index (χ1n) is 6.57. The van der Waals surface area contributed by atoms with Crippen molar-refractivity contribution in [2.45, 2.75) is 61.6 Å². The molecule has 4 heteroatoms. The molecule has 2 fully saturated rings. The topological polar surface area (TPSA) is 46.5 Å². The number of aliphatic hydroxyl groups is 1. The fourth-order valence-corrected chi connectivity index (χ4v) is 3.47. The minimum Gasteiger partial charge on any atom is -0.461 e. The Balaban J connectivity index is 1.91. The van der Waals surface area contributed by atoms with Gasteiger partial charge >= 0.3 is 5.97 Å². The SMILES string of the molecule is CCC(I)C(=O)OC1CC2CC1CC2(O)CC. The third-order valence-corrected chi connectivity index (χ3v) is 5.89. The highest BCUT2D eigenvalue weighted by molar-refractivity contribution is 14.1. The lowest BCUT2D eigenvalue weighted by molar-refractivity contribution is -0.153. The van der Waals surface area contributed by atoms with E-state index in [1.165, 1.54) is 0 Å². The number of fused-ring (bicyclic) bond motifs is 2. The van der Waals surface area contributed by atoms with Crippen molar-refractivity contribution in [1.29, 1.82) is 0 Å². The highest BCUT2D eigenvalue weighted by Crippen LogP contribution is 2.53. The number of rotatable bonds is 4. The molecule has 2 bridgehead atoms. The quantitative estimate of drug-likeness (QED) is 0.481. The van der Waals surface area contributed by atoms with E-state index in [4.69, 9.17) is 4.74 Å². The van der Waals surface area contributed by atoms with E-state index in [9.17, 15) is 9.90 Å². The van der Waals surface area contributed by atoms with Gasteiger partial charge in [-0.1, -0.05) is 36.4 Å². The molecule has 98 valence electrons. The first kappa shape index (κ1) is 13.6. The summed E-state index contributed by atoms with van der Waals surface area (Å²) in [6, 6.07) is 0. The van der Waals surface area contributed by atoms with Crippen LogP contribution in [0, 0.1) is 11.8 Å². The second-order valence-electron chi connectivity index (χ2n) is 5.44. The second kappa shape index (κ2) is 5.03. The summed E-state index contributed by atoms with van der Waals surface area (Å²) in [4.78, 5) is 11.7. The minimum atomic E-state index is -0.484. The van der Waals surface area contributed by atoms with Crippen LogP contribution < -0.4 is 0 Å². The van der Waals surface area contributed by atoms with Gasteiger partial charge in [0.05, 0.1) is 5.60 Å². The third-order valence-electron chi connectivity index (χ3n) is 4.50. The van der Waals surface area contributed by atoms with Crippen molar-refractivity contribution in [3.63, 3.8) is 0 Å². The molecule has 0 aromatic carbocycles. The highest BCUT2D eigenvalue weighted by Gasteiger charge is 2.54. The number of alkyl halides is 1. The lowest BCUT2D eigenvalue weighted by Crippen LogP contribution is -2.40. The van der Waals surface area contributed by atoms with Crippen LogP contribution in [-0.2, 0) is 9.53 Å². The highest BCUT2D eigenvalue weighted by atomic mass is 127. The molecule has 5 atom stereocenters. The fraction of sp³-hybridized carbons (Fsp3) is 0.923. The Morgan fingerprint density at radius 2 is 2.24 bits per heavy atom. The first-order chi connectivity index (χ1) is 8.00. The third kappa shape index (κ3) is 2.48. The molecular formula is C13H21IO3. The van der Waals surface area contributed by atoms with Gasteiger partial charge in [-0.15, -0.1) is 0 Å². The number of ether oxygens (including phenoxy) is 1. The van der Waals surface area contributed by atoms with Gasteiger partial charge in [0, 0.05) is 0 Å². The van der Waals surface area contributed by atoms with Crippen molar-refractivity contribution >= 4 is 28.6 Å². The normalized spacial score (nSPS) is 41.5. The largest absolute Gasteiger partial charge is 0.461 e. The average Bonchev–Trinajstić information content (AvgIpc) is 2.85. The predicted molar refractivity (Wildman–Crippen MR) is 74.1 cm³/mol. The number of hydrogen-bond acceptors (Lipinski definition) is 3. The maximum Gasteiger partial charge on any atom is 0.319 e. The zero-order valence-corrected chi connectivity index (χ0v) is 12.6. The Bertz CT molecular complexity index is 307. The number of esters is 1. The molecule has 0 aromatic heterocycles. The molecule has 0 spiro atoms. The summed E-state index contributed by atoms with van der Waals surface area (Å²) in [7, 11) is 0. The molecule has 3 nitrogen and oxygen atoms in total. The standard InChI is InChI=1S/C13H21IO3/c1-3-10(14)12(15)17-11-6-9-5-8(11)7-13(9,16)4-2/h8-11,16H,3-7H2,1-2H3. The summed E-state index contributed by atoms with van der Waals surface area (Å²) in [5.74, 6) is 0.643. The summed E-state index contributed by atoms with van der Waals surface area (Å²) in [6.45, 7) is 4.04. The van der Waals surface area contributed by atoms with Gasteiger partial charge in [-0.3, -0.25) is 4.79 Å². The first-order valence-corrected chi connectivity index (χ1v) is 7.81. The molecule has 5 unspecified atom stereocenters. The van der Waals surface area contributed by atoms with E-state index >= 15 is 0 Å². The van der Waals surface area contributed by atoms with E-state index in [0.29, 0.717) is 11.8 Å². The minimum absolute atomic E-state index is 0.0308. The van der Waals surface area contributed by atoms with Gasteiger partial charge in [0.25, 0.3) is 0 Å². The van der Waals surface area contributed by atoms with Gasteiger partial charge in [-0.2, -0.15) is 0 Å². The van der Waals surface area contributed by atoms with E-state index < -0.39 is 5.60 Å². The van der Waals surface area contributed by atoms with Gasteiger partial charge in [0.2, 0.25) is 0 Å². The monoisotopic (exact) mass is 352 g/mol. The average molecular weight is 352 g/mol. The van der Waals surface area contributed by atoms with Crippen LogP contribution in [0.4, 0.5) is 0 Å². The Kier molecular flexibility index (Phi) is 4.02. The van der Waals surface area contributed by atoms with Crippen molar-refractivity contribution in [1.82, 2.24) is 0 Å². The van der Waals surface area contributed by atoms with Gasteiger partial charge in [-0.25, -0.2) is 0 Å². The maximum absolute atomic E-state index is 11.7. The summed E-state index contributed by atoms with van der Waals surface area (Å²) in [5.41, 5.74) is -0.484. The molecule has 2 aliphatic rings. The van der Waals surface area contributed by atoms with Crippen LogP contribution in [0.25, 0.3) is 0 Å². The predicted octanol–water partition coefficient (Wildman–Crippen LogP) is 2.68. The van der Waals surface area contributed by atoms with Gasteiger partial charge in [0.1, 0.15) is 10.0 Å². The molecule has 0 radical (unpaired) electrons. The Labute approximate surface area is 116 Å². The zero-order chi connectivity index (χ0) is 12.6. The number of carbonyl (C=O) groups is 1. The van der Waals surface area contributed by atoms with Crippen molar-refractivity contribution in [2.75, 3.05) is 0 Å². The molecule has 0 saturated heterocycles. The molecule has 1 N–H and O–H groups in total. The lowest BCUT2D eigenvalue weighted by Gasteiger charge is -2.34. The number of halogens is 1. The molecule has 0 amide bonds. The summed E-state index contributed by atoms with van der Waals surface area (Å²) < 4.78 is 5.55. The van der Waals surface area contributed by atoms with E-state index in [-0.39, 0.29) is 16.0 Å². The van der Waals surface area contributed by atoms with Crippen molar-refractivity contribution in [3.05, 3.63) is 0 Å². The van der Waals surface area contributed by atoms with Gasteiger partial charge in [-0.05, 0) is 43.9 Å². The van der Waals surface area contributed by atoms with E-state index in [1.807, 2.05) is 13.8 Å². The molecule has 0 aliphatic heterocycles. The van der Waals surface area contributed by atoms with Crippen LogP contribution in [0.15, 0.2) is 0 Å². The fourth-order valence-electron chi connectivity index (χ4n) is 3.33. The molecule has 0 aromatic rings. The Hall–Kier alpha value is 0.160. The molecular weight excluding hydrogens is 331 g/mol. The van der Waals surface area contributed by atoms with E-state index in [1.54, 1.807) is 0 Å². The second-order valence-corrected chi connectivity index (χ2v) is 6.94. The number of carbonyl (C=O) groups excluding carboxylic acids is 1. The van der Waals surface area contributed by atoms with Crippen molar-refractivity contribution in [3.8, 4) is 0 Å². The smallest absolute Gasteiger partial charge is 0.319 e. The van der Waals surface area contributed by atoms with Gasteiger partial charge < -0.3 is 9.84 Å². The van der Waals surface area contributed by atoms with E-state index in [2.05, 4.69) is 22.6 Å². The van der Waals surface area contributed by atoms with Crippen LogP contribution >= 0.6 is 22.6 Å². The summed E-state index contributed by atoms with van der Waals surface area (Å²) >= 11 is 2.14. The molecule has 2 saturated carbocycles. The molecule has 2 aliphatic carbocycles. The lowest BCUT2D eigenvalue weighted by atomic mass is 9.81. The number of hydrogen-bond donors (Lipinski definition) is 1. The van der Waals surface area contributed by atoms with Crippen LogP contribution in [0.2, 0.25) is 0 Å². The van der Waals surface area contributed by atoms with Gasteiger partial charge in [0.15, 0.2) is 0 Å². The molecule has 0 heterocycles. The van der Waals surface area contributed by atoms with Crippen LogP contribution in [0.3, 0.4) is 0 Å². The summed E-state index contributed by atoms with van der Waals surface area (Å²) in [5, 5.41) is 10.4. The molecule has 17 heavy (non-hydrogen) atoms.